The summed E-state index contributed by atoms with van der Waals surface area (Å²) in [6.45, 7) is 8.03. The van der Waals surface area contributed by atoms with Gasteiger partial charge in [0, 0.05) is 18.5 Å². The Hall–Kier alpha value is -0.770. The summed E-state index contributed by atoms with van der Waals surface area (Å²) in [5.74, 6) is 0.317. The van der Waals surface area contributed by atoms with Gasteiger partial charge in [-0.3, -0.25) is 0 Å². The number of nitrogens with one attached hydrogen (secondary N) is 1. The molecule has 0 aromatic rings. The molecular weight excluding hydrogens is 180 g/mol. The van der Waals surface area contributed by atoms with Crippen molar-refractivity contribution in [3.63, 3.8) is 0 Å². The van der Waals surface area contributed by atoms with Gasteiger partial charge in [0.2, 0.25) is 0 Å². The number of carbonyl (C=O) groups excluding carboxylic acids is 1. The predicted molar refractivity (Wildman–Crippen MR) is 54.7 cm³/mol. The molecule has 0 saturated carbocycles. The van der Waals surface area contributed by atoms with Crippen LogP contribution in [0.2, 0.25) is 0 Å². The second-order valence-corrected chi connectivity index (χ2v) is 4.98. The molecule has 2 N–H and O–H groups in total. The maximum atomic E-state index is 11.5. The zero-order valence-electron chi connectivity index (χ0n) is 9.53. The van der Waals surface area contributed by atoms with Gasteiger partial charge in [0.25, 0.3) is 0 Å². The second kappa shape index (κ2) is 3.42. The maximum absolute atomic E-state index is 11.5. The van der Waals surface area contributed by atoms with E-state index in [2.05, 4.69) is 5.32 Å². The van der Waals surface area contributed by atoms with Gasteiger partial charge in [0.15, 0.2) is 0 Å². The van der Waals surface area contributed by atoms with Crippen LogP contribution in [0.1, 0.15) is 27.7 Å². The van der Waals surface area contributed by atoms with E-state index in [4.69, 9.17) is 0 Å². The van der Waals surface area contributed by atoms with Gasteiger partial charge >= 0.3 is 6.03 Å². The summed E-state index contributed by atoms with van der Waals surface area (Å²) in [5, 5.41) is 12.9. The van der Waals surface area contributed by atoms with Crippen LogP contribution in [-0.4, -0.2) is 35.4 Å². The normalized spacial score (nSPS) is 31.9. The fourth-order valence-electron chi connectivity index (χ4n) is 2.22. The molecule has 2 atom stereocenters. The molecule has 0 aliphatic carbocycles. The highest BCUT2D eigenvalue weighted by atomic mass is 16.3. The van der Waals surface area contributed by atoms with Gasteiger partial charge in [0.1, 0.15) is 6.23 Å². The predicted octanol–water partition coefficient (Wildman–Crippen LogP) is 1.01. The van der Waals surface area contributed by atoms with E-state index in [1.54, 1.807) is 7.05 Å². The third-order valence-electron chi connectivity index (χ3n) is 3.10. The third kappa shape index (κ3) is 1.59. The molecule has 2 amide bonds. The topological polar surface area (TPSA) is 52.6 Å². The number of nitrogens with zero attached hydrogens (tertiary/aromatic N) is 1. The molecule has 0 spiro atoms. The quantitative estimate of drug-likeness (QED) is 0.663. The van der Waals surface area contributed by atoms with E-state index in [0.717, 1.165) is 0 Å². The van der Waals surface area contributed by atoms with Crippen molar-refractivity contribution in [1.29, 1.82) is 0 Å². The van der Waals surface area contributed by atoms with E-state index < -0.39 is 6.23 Å². The van der Waals surface area contributed by atoms with Crippen LogP contribution in [0.4, 0.5) is 4.79 Å². The second-order valence-electron chi connectivity index (χ2n) is 4.98. The molecule has 1 heterocycles. The van der Waals surface area contributed by atoms with E-state index >= 15 is 0 Å². The highest BCUT2D eigenvalue weighted by Crippen LogP contribution is 2.34. The van der Waals surface area contributed by atoms with Gasteiger partial charge in [-0.15, -0.1) is 0 Å². The van der Waals surface area contributed by atoms with Gasteiger partial charge in [-0.05, 0) is 5.92 Å². The Morgan fingerprint density at radius 3 is 2.43 bits per heavy atom. The average molecular weight is 200 g/mol. The molecule has 14 heavy (non-hydrogen) atoms. The molecule has 4 heteroatoms. The molecule has 1 aliphatic rings. The number of rotatable bonds is 1. The van der Waals surface area contributed by atoms with Crippen LogP contribution in [0.3, 0.4) is 0 Å². The molecule has 0 bridgehead atoms. The smallest absolute Gasteiger partial charge is 0.319 e. The minimum Gasteiger partial charge on any atom is -0.373 e. The van der Waals surface area contributed by atoms with E-state index in [-0.39, 0.29) is 17.5 Å². The molecule has 1 rings (SSSR count). The molecule has 0 aromatic carbocycles. The Morgan fingerprint density at radius 1 is 1.50 bits per heavy atom. The van der Waals surface area contributed by atoms with Crippen LogP contribution in [0, 0.1) is 11.3 Å². The molecule has 1 fully saturated rings. The van der Waals surface area contributed by atoms with Gasteiger partial charge in [-0.1, -0.05) is 27.7 Å². The van der Waals surface area contributed by atoms with Crippen molar-refractivity contribution in [2.45, 2.75) is 40.0 Å². The first-order valence-corrected chi connectivity index (χ1v) is 5.00. The van der Waals surface area contributed by atoms with Crippen LogP contribution >= 0.6 is 0 Å². The van der Waals surface area contributed by atoms with Crippen LogP contribution < -0.4 is 5.32 Å². The standard InChI is InChI=1S/C10H20N2O2/c1-6(2)7-10(3,4)8(13)12(5)9(14)11-7/h6-8,13H,1-5H3,(H,11,14)/t7-,8+/m0/s1. The van der Waals surface area contributed by atoms with Crippen molar-refractivity contribution < 1.29 is 9.90 Å². The number of aliphatic hydroxyl groups excluding tert-OH is 1. The summed E-state index contributed by atoms with van der Waals surface area (Å²) in [6, 6.07) is -0.184. The monoisotopic (exact) mass is 200 g/mol. The third-order valence-corrected chi connectivity index (χ3v) is 3.10. The van der Waals surface area contributed by atoms with E-state index in [1.165, 1.54) is 4.90 Å². The Bertz CT molecular complexity index is 238. The highest BCUT2D eigenvalue weighted by molar-refractivity contribution is 5.75. The zero-order valence-corrected chi connectivity index (χ0v) is 9.53. The molecular formula is C10H20N2O2. The Morgan fingerprint density at radius 2 is 2.00 bits per heavy atom. The van der Waals surface area contributed by atoms with Crippen molar-refractivity contribution in [3.05, 3.63) is 0 Å². The van der Waals surface area contributed by atoms with Gasteiger partial charge in [-0.2, -0.15) is 0 Å². The lowest BCUT2D eigenvalue weighted by Gasteiger charge is -2.48. The summed E-state index contributed by atoms with van der Waals surface area (Å²) >= 11 is 0. The summed E-state index contributed by atoms with van der Waals surface area (Å²) in [6.07, 6.45) is -0.719. The fourth-order valence-corrected chi connectivity index (χ4v) is 2.22. The highest BCUT2D eigenvalue weighted by Gasteiger charge is 2.46. The number of carbonyl (C=O) groups is 1. The SMILES string of the molecule is CC(C)[C@@H]1NC(=O)N(C)[C@H](O)C1(C)C. The molecule has 1 saturated heterocycles. The van der Waals surface area contributed by atoms with E-state index in [0.29, 0.717) is 5.92 Å². The van der Waals surface area contributed by atoms with Crippen molar-refractivity contribution in [3.8, 4) is 0 Å². The molecule has 4 nitrogen and oxygen atoms in total. The van der Waals surface area contributed by atoms with Crippen LogP contribution in [0.15, 0.2) is 0 Å². The van der Waals surface area contributed by atoms with Crippen molar-refractivity contribution in [1.82, 2.24) is 10.2 Å². The van der Waals surface area contributed by atoms with Crippen molar-refractivity contribution in [2.75, 3.05) is 7.05 Å². The summed E-state index contributed by atoms with van der Waals surface area (Å²) in [7, 11) is 1.61. The minimum atomic E-state index is -0.719. The summed E-state index contributed by atoms with van der Waals surface area (Å²) in [5.41, 5.74) is -0.323. The Kier molecular flexibility index (Phi) is 2.76. The van der Waals surface area contributed by atoms with Crippen molar-refractivity contribution >= 4 is 6.03 Å². The first-order valence-electron chi connectivity index (χ1n) is 5.00. The number of hydrogen-bond acceptors (Lipinski definition) is 2. The molecule has 0 radical (unpaired) electrons. The lowest BCUT2D eigenvalue weighted by Crippen LogP contribution is -2.66. The maximum Gasteiger partial charge on any atom is 0.319 e. The number of urea groups is 1. The van der Waals surface area contributed by atoms with E-state index in [9.17, 15) is 9.90 Å². The molecule has 1 aliphatic heterocycles. The van der Waals surface area contributed by atoms with Crippen LogP contribution in [0.25, 0.3) is 0 Å². The summed E-state index contributed by atoms with van der Waals surface area (Å²) < 4.78 is 0. The van der Waals surface area contributed by atoms with Crippen LogP contribution in [0.5, 0.6) is 0 Å². The fraction of sp³-hybridized carbons (Fsp3) is 0.900. The largest absolute Gasteiger partial charge is 0.373 e. The Balaban J connectivity index is 2.95. The van der Waals surface area contributed by atoms with Crippen LogP contribution in [-0.2, 0) is 0 Å². The zero-order chi connectivity index (χ0) is 11.1. The van der Waals surface area contributed by atoms with Crippen molar-refractivity contribution in [2.24, 2.45) is 11.3 Å². The van der Waals surface area contributed by atoms with Gasteiger partial charge in [0.05, 0.1) is 0 Å². The number of hydrogen-bond donors (Lipinski definition) is 2. The van der Waals surface area contributed by atoms with Gasteiger partial charge < -0.3 is 15.3 Å². The van der Waals surface area contributed by atoms with E-state index in [1.807, 2.05) is 27.7 Å². The lowest BCUT2D eigenvalue weighted by atomic mass is 9.75. The minimum absolute atomic E-state index is 0.0150. The molecule has 82 valence electrons. The van der Waals surface area contributed by atoms with Gasteiger partial charge in [-0.25, -0.2) is 4.79 Å². The average Bonchev–Trinajstić information content (AvgIpc) is 2.08. The lowest BCUT2D eigenvalue weighted by molar-refractivity contribution is -0.0868. The number of amides is 2. The molecule has 0 unspecified atom stereocenters. The molecule has 0 aromatic heterocycles. The first-order chi connectivity index (χ1) is 6.28. The Labute approximate surface area is 85.3 Å². The number of aliphatic hydroxyl groups is 1. The first kappa shape index (κ1) is 11.3. The summed E-state index contributed by atoms with van der Waals surface area (Å²) in [4.78, 5) is 12.8.